The molecule has 0 spiro atoms. The summed E-state index contributed by atoms with van der Waals surface area (Å²) in [7, 11) is 1.63. The maximum Gasteiger partial charge on any atom is 0.207 e. The number of hydrogen-bond donors (Lipinski definition) is 2. The van der Waals surface area contributed by atoms with Crippen molar-refractivity contribution in [3.63, 3.8) is 0 Å². The normalized spacial score (nSPS) is 10.9. The lowest BCUT2D eigenvalue weighted by atomic mass is 10.1. The predicted molar refractivity (Wildman–Crippen MR) is 107 cm³/mol. The summed E-state index contributed by atoms with van der Waals surface area (Å²) in [6.07, 6.45) is 1.50. The van der Waals surface area contributed by atoms with E-state index in [1.807, 2.05) is 41.0 Å². The summed E-state index contributed by atoms with van der Waals surface area (Å²) in [4.78, 5) is 13.2. The number of nitrogens with two attached hydrogens (primary N) is 1. The van der Waals surface area contributed by atoms with E-state index >= 15 is 0 Å². The lowest BCUT2D eigenvalue weighted by molar-refractivity contribution is 0.417. The van der Waals surface area contributed by atoms with Crippen LogP contribution in [0.3, 0.4) is 0 Å². The molecule has 0 atom stereocenters. The molecule has 4 rings (SSSR count). The summed E-state index contributed by atoms with van der Waals surface area (Å²) < 4.78 is 7.21. The van der Waals surface area contributed by atoms with Gasteiger partial charge >= 0.3 is 0 Å². The van der Waals surface area contributed by atoms with Crippen LogP contribution >= 0.6 is 0 Å². The third-order valence-electron chi connectivity index (χ3n) is 4.55. The minimum absolute atomic E-state index is 0.386. The van der Waals surface area contributed by atoms with Crippen molar-refractivity contribution in [2.24, 2.45) is 0 Å². The van der Waals surface area contributed by atoms with E-state index in [1.54, 1.807) is 7.11 Å². The predicted octanol–water partition coefficient (Wildman–Crippen LogP) is 3.77. The third-order valence-corrected chi connectivity index (χ3v) is 4.55. The molecule has 27 heavy (non-hydrogen) atoms. The second-order valence-electron chi connectivity index (χ2n) is 6.32. The van der Waals surface area contributed by atoms with Gasteiger partial charge in [-0.05, 0) is 49.2 Å². The number of fused-ring (bicyclic) bond motifs is 1. The number of anilines is 3. The Morgan fingerprint density at radius 2 is 1.81 bits per heavy atom. The Bertz CT molecular complexity index is 1130. The number of aromatic nitrogens is 4. The van der Waals surface area contributed by atoms with Gasteiger partial charge in [0.05, 0.1) is 23.8 Å². The Kier molecular flexibility index (Phi) is 4.12. The molecular formula is C20H20N6O. The molecule has 0 saturated carbocycles. The van der Waals surface area contributed by atoms with E-state index in [9.17, 15) is 0 Å². The Labute approximate surface area is 156 Å². The van der Waals surface area contributed by atoms with Crippen LogP contribution in [0.25, 0.3) is 16.9 Å². The first-order valence-corrected chi connectivity index (χ1v) is 8.54. The third kappa shape index (κ3) is 3.03. The van der Waals surface area contributed by atoms with Gasteiger partial charge in [0.25, 0.3) is 0 Å². The standard InChI is InChI=1S/C20H20N6O/c1-12-8-15-16(9-13(12)2)26(20(21)25-15)19-10-18(22-11-23-19)24-14-6-4-5-7-17(14)27-3/h4-11H,1-3H3,(H2,21,25)(H,22,23,24). The van der Waals surface area contributed by atoms with Crippen molar-refractivity contribution >= 4 is 28.5 Å². The molecule has 0 aliphatic carbocycles. The molecule has 0 aliphatic rings. The highest BCUT2D eigenvalue weighted by molar-refractivity contribution is 5.82. The number of nitrogen functional groups attached to an aromatic ring is 1. The van der Waals surface area contributed by atoms with E-state index in [4.69, 9.17) is 10.5 Å². The zero-order valence-electron chi connectivity index (χ0n) is 15.4. The van der Waals surface area contributed by atoms with Crippen molar-refractivity contribution in [2.45, 2.75) is 13.8 Å². The number of benzene rings is 2. The molecule has 7 heteroatoms. The van der Waals surface area contributed by atoms with Gasteiger partial charge in [-0.15, -0.1) is 0 Å². The number of imidazole rings is 1. The fourth-order valence-electron chi connectivity index (χ4n) is 3.02. The highest BCUT2D eigenvalue weighted by Gasteiger charge is 2.13. The van der Waals surface area contributed by atoms with Crippen LogP contribution in [0.4, 0.5) is 17.5 Å². The van der Waals surface area contributed by atoms with Gasteiger partial charge in [-0.2, -0.15) is 0 Å². The van der Waals surface area contributed by atoms with Gasteiger partial charge in [-0.3, -0.25) is 4.57 Å². The van der Waals surface area contributed by atoms with Gasteiger partial charge < -0.3 is 15.8 Å². The first-order valence-electron chi connectivity index (χ1n) is 8.54. The first-order chi connectivity index (χ1) is 13.1. The van der Waals surface area contributed by atoms with Crippen LogP contribution in [-0.2, 0) is 0 Å². The number of aryl methyl sites for hydroxylation is 2. The highest BCUT2D eigenvalue weighted by Crippen LogP contribution is 2.28. The van der Waals surface area contributed by atoms with Crippen LogP contribution in [-0.4, -0.2) is 26.6 Å². The summed E-state index contributed by atoms with van der Waals surface area (Å²) in [5, 5.41) is 3.26. The maximum absolute atomic E-state index is 6.18. The lowest BCUT2D eigenvalue weighted by Crippen LogP contribution is -2.05. The zero-order valence-corrected chi connectivity index (χ0v) is 15.4. The van der Waals surface area contributed by atoms with Gasteiger partial charge in [-0.1, -0.05) is 12.1 Å². The summed E-state index contributed by atoms with van der Waals surface area (Å²) >= 11 is 0. The first kappa shape index (κ1) is 16.8. The molecule has 2 aromatic carbocycles. The largest absolute Gasteiger partial charge is 0.495 e. The van der Waals surface area contributed by atoms with Gasteiger partial charge in [0, 0.05) is 6.07 Å². The lowest BCUT2D eigenvalue weighted by Gasteiger charge is -2.12. The zero-order chi connectivity index (χ0) is 19.0. The van der Waals surface area contributed by atoms with Crippen LogP contribution in [0.1, 0.15) is 11.1 Å². The Morgan fingerprint density at radius 3 is 2.63 bits per heavy atom. The maximum atomic E-state index is 6.18. The topological polar surface area (TPSA) is 90.9 Å². The quantitative estimate of drug-likeness (QED) is 0.576. The fraction of sp³-hybridized carbons (Fsp3) is 0.150. The fourth-order valence-corrected chi connectivity index (χ4v) is 3.02. The number of para-hydroxylation sites is 2. The van der Waals surface area contributed by atoms with Gasteiger partial charge in [0.15, 0.2) is 0 Å². The van der Waals surface area contributed by atoms with Gasteiger partial charge in [-0.25, -0.2) is 15.0 Å². The van der Waals surface area contributed by atoms with E-state index in [-0.39, 0.29) is 0 Å². The molecule has 0 radical (unpaired) electrons. The molecule has 7 nitrogen and oxygen atoms in total. The molecule has 2 heterocycles. The number of nitrogens with zero attached hydrogens (tertiary/aromatic N) is 4. The molecule has 0 bridgehead atoms. The van der Waals surface area contributed by atoms with Crippen molar-refractivity contribution in [2.75, 3.05) is 18.2 Å². The molecule has 4 aromatic rings. The van der Waals surface area contributed by atoms with Crippen molar-refractivity contribution in [1.29, 1.82) is 0 Å². The van der Waals surface area contributed by atoms with E-state index in [0.717, 1.165) is 22.5 Å². The second kappa shape index (κ2) is 6.60. The Balaban J connectivity index is 1.78. The molecule has 0 aliphatic heterocycles. The smallest absolute Gasteiger partial charge is 0.207 e. The number of rotatable bonds is 4. The van der Waals surface area contributed by atoms with E-state index in [2.05, 4.69) is 40.2 Å². The number of nitrogens with one attached hydrogen (secondary N) is 1. The van der Waals surface area contributed by atoms with Crippen LogP contribution in [0.15, 0.2) is 48.8 Å². The van der Waals surface area contributed by atoms with Gasteiger partial charge in [0.2, 0.25) is 5.95 Å². The molecule has 136 valence electrons. The minimum Gasteiger partial charge on any atom is -0.495 e. The minimum atomic E-state index is 0.386. The average molecular weight is 360 g/mol. The SMILES string of the molecule is COc1ccccc1Nc1cc(-n2c(N)nc3cc(C)c(C)cc32)ncn1. The second-order valence-corrected chi connectivity index (χ2v) is 6.32. The molecule has 0 unspecified atom stereocenters. The van der Waals surface area contributed by atoms with Crippen LogP contribution in [0.2, 0.25) is 0 Å². The monoisotopic (exact) mass is 360 g/mol. The Hall–Kier alpha value is -3.61. The highest BCUT2D eigenvalue weighted by atomic mass is 16.5. The summed E-state index contributed by atoms with van der Waals surface area (Å²) in [6.45, 7) is 4.13. The molecular weight excluding hydrogens is 340 g/mol. The molecule has 3 N–H and O–H groups in total. The van der Waals surface area contributed by atoms with E-state index in [1.165, 1.54) is 17.5 Å². The van der Waals surface area contributed by atoms with Crippen LogP contribution < -0.4 is 15.8 Å². The summed E-state index contributed by atoms with van der Waals surface area (Å²) in [6, 6.07) is 13.6. The molecule has 0 fully saturated rings. The molecule has 2 aromatic heterocycles. The van der Waals surface area contributed by atoms with Crippen LogP contribution in [0, 0.1) is 13.8 Å². The number of methoxy groups -OCH3 is 1. The Morgan fingerprint density at radius 1 is 1.04 bits per heavy atom. The van der Waals surface area contributed by atoms with E-state index in [0.29, 0.717) is 17.6 Å². The summed E-state index contributed by atoms with van der Waals surface area (Å²) in [5.74, 6) is 2.40. The van der Waals surface area contributed by atoms with E-state index < -0.39 is 0 Å². The van der Waals surface area contributed by atoms with Crippen LogP contribution in [0.5, 0.6) is 5.75 Å². The number of hydrogen-bond acceptors (Lipinski definition) is 6. The molecule has 0 amide bonds. The van der Waals surface area contributed by atoms with Crippen molar-refractivity contribution in [1.82, 2.24) is 19.5 Å². The van der Waals surface area contributed by atoms with Gasteiger partial charge in [0.1, 0.15) is 23.7 Å². The van der Waals surface area contributed by atoms with Crippen molar-refractivity contribution in [3.05, 3.63) is 59.9 Å². The molecule has 0 saturated heterocycles. The number of ether oxygens (including phenoxy) is 1. The summed E-state index contributed by atoms with van der Waals surface area (Å²) in [5.41, 5.74) is 11.1. The van der Waals surface area contributed by atoms with Crippen molar-refractivity contribution < 1.29 is 4.74 Å². The van der Waals surface area contributed by atoms with Crippen molar-refractivity contribution in [3.8, 4) is 11.6 Å². The average Bonchev–Trinajstić information content (AvgIpc) is 2.97.